The number of hydrogen-bond acceptors (Lipinski definition) is 4. The van der Waals surface area contributed by atoms with E-state index in [0.717, 1.165) is 5.56 Å². The van der Waals surface area contributed by atoms with Gasteiger partial charge in [0.2, 0.25) is 0 Å². The van der Waals surface area contributed by atoms with Gasteiger partial charge in [-0.3, -0.25) is 4.79 Å². The zero-order valence-corrected chi connectivity index (χ0v) is 14.5. The van der Waals surface area contributed by atoms with Gasteiger partial charge in [-0.1, -0.05) is 18.2 Å². The topological polar surface area (TPSA) is 73.2 Å². The second-order valence-electron chi connectivity index (χ2n) is 6.56. The molecule has 1 aromatic carbocycles. The van der Waals surface area contributed by atoms with Crippen molar-refractivity contribution in [2.75, 3.05) is 6.54 Å². The van der Waals surface area contributed by atoms with Crippen molar-refractivity contribution >= 4 is 23.1 Å². The fourth-order valence-electron chi connectivity index (χ4n) is 2.12. The van der Waals surface area contributed by atoms with Gasteiger partial charge in [0.05, 0.1) is 17.2 Å². The van der Waals surface area contributed by atoms with E-state index in [2.05, 4.69) is 10.3 Å². The number of fused-ring (bicyclic) bond motifs is 1. The van der Waals surface area contributed by atoms with Crippen molar-refractivity contribution in [3.63, 3.8) is 0 Å². The average molecular weight is 329 g/mol. The van der Waals surface area contributed by atoms with Crippen molar-refractivity contribution in [2.45, 2.75) is 32.8 Å². The summed E-state index contributed by atoms with van der Waals surface area (Å²) in [5, 5.41) is 3.29. The van der Waals surface area contributed by atoms with Gasteiger partial charge in [-0.05, 0) is 44.9 Å². The lowest BCUT2D eigenvalue weighted by Crippen LogP contribution is -2.32. The first-order valence-electron chi connectivity index (χ1n) is 7.85. The molecule has 0 bridgehead atoms. The Balaban J connectivity index is 1.93. The molecule has 1 N–H and O–H groups in total. The highest BCUT2D eigenvalue weighted by molar-refractivity contribution is 5.80. The molecule has 1 aromatic heterocycles. The fourth-order valence-corrected chi connectivity index (χ4v) is 2.12. The van der Waals surface area contributed by atoms with Crippen LogP contribution in [0.5, 0.6) is 0 Å². The molecule has 1 amide bonds. The Hall–Kier alpha value is -2.63. The summed E-state index contributed by atoms with van der Waals surface area (Å²) in [5.41, 5.74) is 1.04. The van der Waals surface area contributed by atoms with Gasteiger partial charge >= 0.3 is 6.09 Å². The zero-order chi connectivity index (χ0) is 17.7. The predicted molar refractivity (Wildman–Crippen MR) is 94.9 cm³/mol. The summed E-state index contributed by atoms with van der Waals surface area (Å²) in [6.45, 7) is 5.96. The molecule has 0 radical (unpaired) electrons. The first kappa shape index (κ1) is 17.7. The molecule has 0 unspecified atom stereocenters. The largest absolute Gasteiger partial charge is 0.444 e. The number of amides is 1. The SMILES string of the molecule is Cn1cnc2ccc(C=CCCNC(=O)OC(C)(C)C)cc2c1=O. The molecule has 6 heteroatoms. The maximum atomic E-state index is 12.1. The van der Waals surface area contributed by atoms with Gasteiger partial charge in [-0.15, -0.1) is 0 Å². The van der Waals surface area contributed by atoms with E-state index in [1.165, 1.54) is 10.9 Å². The van der Waals surface area contributed by atoms with Crippen LogP contribution >= 0.6 is 0 Å². The number of rotatable bonds is 4. The average Bonchev–Trinajstić information content (AvgIpc) is 2.49. The maximum Gasteiger partial charge on any atom is 0.407 e. The number of benzene rings is 1. The lowest BCUT2D eigenvalue weighted by Gasteiger charge is -2.19. The molecular formula is C18H23N3O3. The van der Waals surface area contributed by atoms with Gasteiger partial charge in [0, 0.05) is 13.6 Å². The molecular weight excluding hydrogens is 306 g/mol. The van der Waals surface area contributed by atoms with Crippen LogP contribution < -0.4 is 10.9 Å². The first-order chi connectivity index (χ1) is 11.3. The molecule has 0 saturated heterocycles. The van der Waals surface area contributed by atoms with Crippen LogP contribution in [0.25, 0.3) is 17.0 Å². The number of nitrogens with zero attached hydrogens (tertiary/aromatic N) is 2. The van der Waals surface area contributed by atoms with E-state index in [0.29, 0.717) is 23.9 Å². The van der Waals surface area contributed by atoms with Gasteiger partial charge < -0.3 is 14.6 Å². The Morgan fingerprint density at radius 1 is 1.38 bits per heavy atom. The molecule has 0 aliphatic rings. The third-order valence-corrected chi connectivity index (χ3v) is 3.23. The first-order valence-corrected chi connectivity index (χ1v) is 7.85. The molecule has 0 saturated carbocycles. The van der Waals surface area contributed by atoms with Crippen molar-refractivity contribution < 1.29 is 9.53 Å². The highest BCUT2D eigenvalue weighted by atomic mass is 16.6. The van der Waals surface area contributed by atoms with Crippen LogP contribution in [-0.2, 0) is 11.8 Å². The summed E-state index contributed by atoms with van der Waals surface area (Å²) in [7, 11) is 1.68. The number of hydrogen-bond donors (Lipinski definition) is 1. The summed E-state index contributed by atoms with van der Waals surface area (Å²) < 4.78 is 6.62. The molecule has 6 nitrogen and oxygen atoms in total. The zero-order valence-electron chi connectivity index (χ0n) is 14.5. The van der Waals surface area contributed by atoms with Gasteiger partial charge in [0.25, 0.3) is 5.56 Å². The molecule has 2 rings (SSSR count). The molecule has 0 aliphatic heterocycles. The number of ether oxygens (including phenoxy) is 1. The number of aryl methyl sites for hydroxylation is 1. The second-order valence-corrected chi connectivity index (χ2v) is 6.56. The van der Waals surface area contributed by atoms with Crippen LogP contribution in [0.15, 0.2) is 35.4 Å². The van der Waals surface area contributed by atoms with Crippen molar-refractivity contribution in [1.82, 2.24) is 14.9 Å². The van der Waals surface area contributed by atoms with Crippen LogP contribution in [0, 0.1) is 0 Å². The van der Waals surface area contributed by atoms with Crippen molar-refractivity contribution in [3.05, 3.63) is 46.5 Å². The van der Waals surface area contributed by atoms with Crippen molar-refractivity contribution in [2.24, 2.45) is 7.05 Å². The van der Waals surface area contributed by atoms with Crippen molar-refractivity contribution in [3.8, 4) is 0 Å². The second kappa shape index (κ2) is 7.29. The Bertz CT molecular complexity index is 816. The van der Waals surface area contributed by atoms with E-state index < -0.39 is 11.7 Å². The lowest BCUT2D eigenvalue weighted by atomic mass is 10.1. The van der Waals surface area contributed by atoms with Gasteiger partial charge in [-0.25, -0.2) is 9.78 Å². The summed E-state index contributed by atoms with van der Waals surface area (Å²) in [5.74, 6) is 0. The fraction of sp³-hybridized carbons (Fsp3) is 0.389. The van der Waals surface area contributed by atoms with E-state index in [1.807, 2.05) is 51.1 Å². The summed E-state index contributed by atoms with van der Waals surface area (Å²) in [4.78, 5) is 27.8. The number of carbonyl (C=O) groups is 1. The maximum absolute atomic E-state index is 12.1. The van der Waals surface area contributed by atoms with E-state index in [1.54, 1.807) is 7.05 Å². The summed E-state index contributed by atoms with van der Waals surface area (Å²) >= 11 is 0. The number of aromatic nitrogens is 2. The third kappa shape index (κ3) is 4.94. The molecule has 24 heavy (non-hydrogen) atoms. The highest BCUT2D eigenvalue weighted by Crippen LogP contribution is 2.11. The molecule has 0 fully saturated rings. The number of alkyl carbamates (subject to hydrolysis) is 1. The molecule has 0 spiro atoms. The lowest BCUT2D eigenvalue weighted by molar-refractivity contribution is 0.0529. The molecule has 128 valence electrons. The minimum absolute atomic E-state index is 0.0677. The molecule has 1 heterocycles. The normalized spacial score (nSPS) is 11.8. The third-order valence-electron chi connectivity index (χ3n) is 3.23. The van der Waals surface area contributed by atoms with Crippen LogP contribution in [0.3, 0.4) is 0 Å². The Labute approximate surface area is 141 Å². The standard InChI is InChI=1S/C18H23N3O3/c1-18(2,3)24-17(23)19-10-6-5-7-13-8-9-15-14(11-13)16(22)21(4)12-20-15/h5,7-9,11-12H,6,10H2,1-4H3,(H,19,23). The smallest absolute Gasteiger partial charge is 0.407 e. The van der Waals surface area contributed by atoms with Gasteiger partial charge in [0.15, 0.2) is 0 Å². The van der Waals surface area contributed by atoms with Gasteiger partial charge in [-0.2, -0.15) is 0 Å². The predicted octanol–water partition coefficient (Wildman–Crippen LogP) is 2.86. The molecule has 0 aliphatic carbocycles. The highest BCUT2D eigenvalue weighted by Gasteiger charge is 2.15. The monoisotopic (exact) mass is 329 g/mol. The minimum atomic E-state index is -0.495. The molecule has 2 aromatic rings. The van der Waals surface area contributed by atoms with Crippen molar-refractivity contribution in [1.29, 1.82) is 0 Å². The summed E-state index contributed by atoms with van der Waals surface area (Å²) in [6.07, 6.45) is 5.63. The molecule has 0 atom stereocenters. The Kier molecular flexibility index (Phi) is 5.39. The Morgan fingerprint density at radius 3 is 2.83 bits per heavy atom. The van der Waals surface area contributed by atoms with Gasteiger partial charge in [0.1, 0.15) is 5.60 Å². The van der Waals surface area contributed by atoms with Crippen LogP contribution in [0.4, 0.5) is 4.79 Å². The van der Waals surface area contributed by atoms with E-state index in [9.17, 15) is 9.59 Å². The van der Waals surface area contributed by atoms with Crippen LogP contribution in [0.1, 0.15) is 32.8 Å². The minimum Gasteiger partial charge on any atom is -0.444 e. The number of carbonyl (C=O) groups excluding carboxylic acids is 1. The number of nitrogens with one attached hydrogen (secondary N) is 1. The quantitative estimate of drug-likeness (QED) is 0.875. The van der Waals surface area contributed by atoms with Crippen LogP contribution in [0.2, 0.25) is 0 Å². The Morgan fingerprint density at radius 2 is 2.12 bits per heavy atom. The van der Waals surface area contributed by atoms with E-state index >= 15 is 0 Å². The van der Waals surface area contributed by atoms with E-state index in [-0.39, 0.29) is 5.56 Å². The summed E-state index contributed by atoms with van der Waals surface area (Å²) in [6, 6.07) is 5.56. The van der Waals surface area contributed by atoms with Crippen LogP contribution in [-0.4, -0.2) is 27.8 Å². The van der Waals surface area contributed by atoms with E-state index in [4.69, 9.17) is 4.74 Å².